The highest BCUT2D eigenvalue weighted by atomic mass is 35.5. The van der Waals surface area contributed by atoms with E-state index >= 15 is 0 Å². The topological polar surface area (TPSA) is 119 Å². The van der Waals surface area contributed by atoms with E-state index < -0.39 is 21.8 Å². The smallest absolute Gasteiger partial charge is 0.243 e. The molecule has 8 nitrogen and oxygen atoms in total. The van der Waals surface area contributed by atoms with E-state index in [2.05, 4.69) is 5.32 Å². The first-order valence-electron chi connectivity index (χ1n) is 8.68. The summed E-state index contributed by atoms with van der Waals surface area (Å²) >= 11 is 6.02. The summed E-state index contributed by atoms with van der Waals surface area (Å²) in [7, 11) is -2.50. The van der Waals surface area contributed by atoms with Gasteiger partial charge in [0.2, 0.25) is 21.8 Å². The molecule has 0 aliphatic rings. The lowest BCUT2D eigenvalue weighted by Crippen LogP contribution is -2.37. The van der Waals surface area contributed by atoms with Crippen molar-refractivity contribution in [2.24, 2.45) is 5.73 Å². The standard InChI is InChI=1S/C19H22ClN3O5S/c1-3-23(29(26,27)15-8-9-17(28-2)16(20)11-15)12-19(25)22-14-6-4-13(5-7-14)10-18(21)24/h4-9,11H,3,10,12H2,1-2H3,(H2,21,24)(H,22,25). The largest absolute Gasteiger partial charge is 0.495 e. The second-order valence-electron chi connectivity index (χ2n) is 6.12. The molecule has 10 heteroatoms. The van der Waals surface area contributed by atoms with Crippen molar-refractivity contribution >= 4 is 39.1 Å². The van der Waals surface area contributed by atoms with Gasteiger partial charge in [-0.15, -0.1) is 0 Å². The molecule has 0 atom stereocenters. The highest BCUT2D eigenvalue weighted by Gasteiger charge is 2.26. The first-order valence-corrected chi connectivity index (χ1v) is 10.5. The van der Waals surface area contributed by atoms with Crippen LogP contribution >= 0.6 is 11.6 Å². The second-order valence-corrected chi connectivity index (χ2v) is 8.46. The Morgan fingerprint density at radius 3 is 2.34 bits per heavy atom. The van der Waals surface area contributed by atoms with Gasteiger partial charge in [0, 0.05) is 12.2 Å². The molecule has 2 rings (SSSR count). The van der Waals surface area contributed by atoms with E-state index in [1.54, 1.807) is 31.2 Å². The van der Waals surface area contributed by atoms with Gasteiger partial charge in [-0.05, 0) is 35.9 Å². The second kappa shape index (κ2) is 9.73. The Bertz CT molecular complexity index is 993. The van der Waals surface area contributed by atoms with E-state index in [4.69, 9.17) is 22.1 Å². The summed E-state index contributed by atoms with van der Waals surface area (Å²) in [6, 6.07) is 10.7. The average Bonchev–Trinajstić information content (AvgIpc) is 2.67. The van der Waals surface area contributed by atoms with Gasteiger partial charge < -0.3 is 15.8 Å². The van der Waals surface area contributed by atoms with E-state index in [9.17, 15) is 18.0 Å². The lowest BCUT2D eigenvalue weighted by atomic mass is 10.1. The number of halogens is 1. The number of nitrogens with zero attached hydrogens (tertiary/aromatic N) is 1. The maximum absolute atomic E-state index is 12.9. The number of likely N-dealkylation sites (N-methyl/N-ethyl adjacent to an activating group) is 1. The van der Waals surface area contributed by atoms with Gasteiger partial charge >= 0.3 is 0 Å². The van der Waals surface area contributed by atoms with Crippen LogP contribution in [-0.2, 0) is 26.0 Å². The number of nitrogens with two attached hydrogens (primary N) is 1. The van der Waals surface area contributed by atoms with E-state index in [1.807, 2.05) is 0 Å². The van der Waals surface area contributed by atoms with Crippen molar-refractivity contribution in [2.45, 2.75) is 18.2 Å². The zero-order valence-electron chi connectivity index (χ0n) is 16.0. The molecule has 3 N–H and O–H groups in total. The van der Waals surface area contributed by atoms with Crippen LogP contribution in [0.15, 0.2) is 47.4 Å². The molecule has 2 amide bonds. The number of hydrogen-bond donors (Lipinski definition) is 2. The highest BCUT2D eigenvalue weighted by Crippen LogP contribution is 2.28. The van der Waals surface area contributed by atoms with Crippen molar-refractivity contribution in [3.8, 4) is 5.75 Å². The molecule has 0 radical (unpaired) electrons. The highest BCUT2D eigenvalue weighted by molar-refractivity contribution is 7.89. The molecule has 0 aromatic heterocycles. The van der Waals surface area contributed by atoms with Crippen LogP contribution < -0.4 is 15.8 Å². The van der Waals surface area contributed by atoms with Crippen LogP contribution in [0.5, 0.6) is 5.75 Å². The van der Waals surface area contributed by atoms with Gasteiger partial charge in [0.25, 0.3) is 0 Å². The minimum absolute atomic E-state index is 0.0336. The Morgan fingerprint density at radius 2 is 1.83 bits per heavy atom. The molecule has 0 heterocycles. The Labute approximate surface area is 174 Å². The zero-order chi connectivity index (χ0) is 21.6. The number of amides is 2. The lowest BCUT2D eigenvalue weighted by Gasteiger charge is -2.20. The number of benzene rings is 2. The van der Waals surface area contributed by atoms with Crippen molar-refractivity contribution in [1.82, 2.24) is 4.31 Å². The summed E-state index contributed by atoms with van der Waals surface area (Å²) in [5, 5.41) is 2.79. The van der Waals surface area contributed by atoms with Gasteiger partial charge in [-0.1, -0.05) is 30.7 Å². The van der Waals surface area contributed by atoms with E-state index in [-0.39, 0.29) is 29.4 Å². The van der Waals surface area contributed by atoms with E-state index in [0.717, 1.165) is 4.31 Å². The fourth-order valence-corrected chi connectivity index (χ4v) is 4.35. The summed E-state index contributed by atoms with van der Waals surface area (Å²) in [5.74, 6) is -0.604. The van der Waals surface area contributed by atoms with Crippen molar-refractivity contribution < 1.29 is 22.7 Å². The molecule has 0 aliphatic heterocycles. The maximum Gasteiger partial charge on any atom is 0.243 e. The van der Waals surface area contributed by atoms with Crippen molar-refractivity contribution in [1.29, 1.82) is 0 Å². The summed E-state index contributed by atoms with van der Waals surface area (Å²) < 4.78 is 31.8. The number of primary amides is 1. The summed E-state index contributed by atoms with van der Waals surface area (Å²) in [6.07, 6.45) is 0.0977. The molecule has 2 aromatic rings. The molecule has 0 saturated carbocycles. The molecule has 156 valence electrons. The fourth-order valence-electron chi connectivity index (χ4n) is 2.59. The van der Waals surface area contributed by atoms with E-state index in [1.165, 1.54) is 25.3 Å². The quantitative estimate of drug-likeness (QED) is 0.619. The summed E-state index contributed by atoms with van der Waals surface area (Å²) in [5.41, 5.74) is 6.33. The predicted molar refractivity (Wildman–Crippen MR) is 110 cm³/mol. The van der Waals surface area contributed by atoms with Crippen LogP contribution in [-0.4, -0.2) is 44.7 Å². The van der Waals surface area contributed by atoms with Crippen LogP contribution in [0.2, 0.25) is 5.02 Å². The maximum atomic E-state index is 12.9. The van der Waals surface area contributed by atoms with Gasteiger partial charge in [-0.2, -0.15) is 4.31 Å². The number of carbonyl (C=O) groups excluding carboxylic acids is 2. The molecule has 0 spiro atoms. The van der Waals surface area contributed by atoms with Crippen LogP contribution in [0.4, 0.5) is 5.69 Å². The molecule has 0 unspecified atom stereocenters. The van der Waals surface area contributed by atoms with Crippen LogP contribution in [0.25, 0.3) is 0 Å². The molecule has 0 bridgehead atoms. The van der Waals surface area contributed by atoms with Crippen LogP contribution in [0.1, 0.15) is 12.5 Å². The first-order chi connectivity index (χ1) is 13.7. The minimum Gasteiger partial charge on any atom is -0.495 e. The lowest BCUT2D eigenvalue weighted by molar-refractivity contribution is -0.117. The number of carbonyl (C=O) groups is 2. The zero-order valence-corrected chi connectivity index (χ0v) is 17.6. The van der Waals surface area contributed by atoms with Gasteiger partial charge in [0.1, 0.15) is 5.75 Å². The molecule has 29 heavy (non-hydrogen) atoms. The van der Waals surface area contributed by atoms with Crippen molar-refractivity contribution in [3.63, 3.8) is 0 Å². The Hall–Kier alpha value is -2.62. The number of rotatable bonds is 9. The molecule has 2 aromatic carbocycles. The SMILES string of the molecule is CCN(CC(=O)Nc1ccc(CC(N)=O)cc1)S(=O)(=O)c1ccc(OC)c(Cl)c1. The Morgan fingerprint density at radius 1 is 1.17 bits per heavy atom. The van der Waals surface area contributed by atoms with Gasteiger partial charge in [-0.25, -0.2) is 8.42 Å². The third-order valence-electron chi connectivity index (χ3n) is 4.05. The third kappa shape index (κ3) is 5.93. The molecule has 0 aliphatic carbocycles. The molecule has 0 fully saturated rings. The van der Waals surface area contributed by atoms with Crippen LogP contribution in [0, 0.1) is 0 Å². The van der Waals surface area contributed by atoms with Crippen molar-refractivity contribution in [3.05, 3.63) is 53.1 Å². The van der Waals surface area contributed by atoms with E-state index in [0.29, 0.717) is 17.0 Å². The van der Waals surface area contributed by atoms with Gasteiger partial charge in [0.05, 0.1) is 30.0 Å². The molecule has 0 saturated heterocycles. The molecular weight excluding hydrogens is 418 g/mol. The van der Waals surface area contributed by atoms with Crippen molar-refractivity contribution in [2.75, 3.05) is 25.5 Å². The summed E-state index contributed by atoms with van der Waals surface area (Å²) in [6.45, 7) is 1.36. The number of sulfonamides is 1. The average molecular weight is 440 g/mol. The number of nitrogens with one attached hydrogen (secondary N) is 1. The number of methoxy groups -OCH3 is 1. The third-order valence-corrected chi connectivity index (χ3v) is 6.26. The number of anilines is 1. The first kappa shape index (κ1) is 22.7. The monoisotopic (exact) mass is 439 g/mol. The van der Waals surface area contributed by atoms with Crippen LogP contribution in [0.3, 0.4) is 0 Å². The van der Waals surface area contributed by atoms with Gasteiger partial charge in [0.15, 0.2) is 0 Å². The summed E-state index contributed by atoms with van der Waals surface area (Å²) in [4.78, 5) is 23.2. The fraction of sp³-hybridized carbons (Fsp3) is 0.263. The number of hydrogen-bond acceptors (Lipinski definition) is 5. The normalized spacial score (nSPS) is 11.3. The number of ether oxygens (including phenoxy) is 1. The Kier molecular flexibility index (Phi) is 7.60. The minimum atomic E-state index is -3.93. The predicted octanol–water partition coefficient (Wildman–Crippen LogP) is 2.03. The molecular formula is C19H22ClN3O5S. The Balaban J connectivity index is 2.10. The van der Waals surface area contributed by atoms with Gasteiger partial charge in [-0.3, -0.25) is 9.59 Å².